The average molecular weight is 390 g/mol. The van der Waals surface area contributed by atoms with Crippen LogP contribution < -0.4 is 5.32 Å². The number of amides is 1. The predicted molar refractivity (Wildman–Crippen MR) is 98.6 cm³/mol. The zero-order valence-corrected chi connectivity index (χ0v) is 14.6. The third-order valence-corrected chi connectivity index (χ3v) is 4.86. The van der Waals surface area contributed by atoms with Gasteiger partial charge in [-0.3, -0.25) is 9.78 Å². The zero-order valence-electron chi connectivity index (χ0n) is 13.7. The van der Waals surface area contributed by atoms with E-state index in [-0.39, 0.29) is 27.5 Å². The van der Waals surface area contributed by atoms with Gasteiger partial charge in [0, 0.05) is 17.3 Å². The molecule has 2 N–H and O–H groups in total. The van der Waals surface area contributed by atoms with Gasteiger partial charge in [-0.05, 0) is 17.7 Å². The van der Waals surface area contributed by atoms with Crippen molar-refractivity contribution in [1.29, 1.82) is 0 Å². The minimum absolute atomic E-state index is 0.0590. The van der Waals surface area contributed by atoms with Crippen molar-refractivity contribution in [2.45, 2.75) is 6.18 Å². The highest BCUT2D eigenvalue weighted by atomic mass is 32.1. The van der Waals surface area contributed by atoms with Gasteiger partial charge >= 0.3 is 6.18 Å². The largest absolute Gasteiger partial charge is 0.508 e. The van der Waals surface area contributed by atoms with Crippen molar-refractivity contribution in [3.05, 3.63) is 76.8 Å². The molecule has 138 valence electrons. The van der Waals surface area contributed by atoms with Gasteiger partial charge in [-0.2, -0.15) is 13.2 Å². The molecule has 0 atom stereocenters. The number of aliphatic hydroxyl groups is 1. The van der Waals surface area contributed by atoms with Crippen molar-refractivity contribution in [1.82, 2.24) is 4.98 Å². The molecule has 3 rings (SSSR count). The SMILES string of the molecule is C=C(O)c1ccncc1NC(=O)c1cc(-c2ccccc2)c(C(F)(F)F)s1. The molecule has 3 aromatic rings. The van der Waals surface area contributed by atoms with Crippen LogP contribution in [0.1, 0.15) is 20.1 Å². The number of anilines is 1. The Morgan fingerprint density at radius 2 is 1.89 bits per heavy atom. The van der Waals surface area contributed by atoms with E-state index < -0.39 is 17.0 Å². The molecule has 1 aromatic carbocycles. The highest BCUT2D eigenvalue weighted by Crippen LogP contribution is 2.43. The van der Waals surface area contributed by atoms with E-state index in [4.69, 9.17) is 0 Å². The summed E-state index contributed by atoms with van der Waals surface area (Å²) in [5, 5.41) is 12.0. The van der Waals surface area contributed by atoms with Crippen LogP contribution in [0.2, 0.25) is 0 Å². The molecule has 0 unspecified atom stereocenters. The first-order chi connectivity index (χ1) is 12.8. The summed E-state index contributed by atoms with van der Waals surface area (Å²) in [4.78, 5) is 15.4. The van der Waals surface area contributed by atoms with Gasteiger partial charge < -0.3 is 10.4 Å². The topological polar surface area (TPSA) is 62.2 Å². The third kappa shape index (κ3) is 4.01. The van der Waals surface area contributed by atoms with Gasteiger partial charge in [0.2, 0.25) is 0 Å². The molecule has 0 aliphatic heterocycles. The van der Waals surface area contributed by atoms with E-state index in [1.54, 1.807) is 30.3 Å². The fraction of sp³-hybridized carbons (Fsp3) is 0.0526. The quantitative estimate of drug-likeness (QED) is 0.569. The van der Waals surface area contributed by atoms with Gasteiger partial charge in [0.05, 0.1) is 16.8 Å². The maximum Gasteiger partial charge on any atom is 0.426 e. The van der Waals surface area contributed by atoms with Crippen LogP contribution in [0, 0.1) is 0 Å². The van der Waals surface area contributed by atoms with E-state index in [1.807, 2.05) is 0 Å². The number of nitrogens with one attached hydrogen (secondary N) is 1. The minimum Gasteiger partial charge on any atom is -0.508 e. The Kier molecular flexibility index (Phi) is 5.00. The first-order valence-electron chi connectivity index (χ1n) is 7.67. The second-order valence-corrected chi connectivity index (χ2v) is 6.59. The Morgan fingerprint density at radius 3 is 2.52 bits per heavy atom. The highest BCUT2D eigenvalue weighted by Gasteiger charge is 2.37. The molecule has 4 nitrogen and oxygen atoms in total. The lowest BCUT2D eigenvalue weighted by atomic mass is 10.1. The fourth-order valence-corrected chi connectivity index (χ4v) is 3.42. The van der Waals surface area contributed by atoms with Crippen LogP contribution in [0.15, 0.2) is 61.4 Å². The number of thiophene rings is 1. The smallest absolute Gasteiger partial charge is 0.426 e. The molecule has 0 saturated heterocycles. The van der Waals surface area contributed by atoms with E-state index in [9.17, 15) is 23.1 Å². The van der Waals surface area contributed by atoms with Gasteiger partial charge in [-0.1, -0.05) is 36.9 Å². The van der Waals surface area contributed by atoms with Crippen LogP contribution in [0.4, 0.5) is 18.9 Å². The normalized spacial score (nSPS) is 11.2. The van der Waals surface area contributed by atoms with Crippen LogP contribution in [0.25, 0.3) is 16.9 Å². The summed E-state index contributed by atoms with van der Waals surface area (Å²) in [6.45, 7) is 3.39. The summed E-state index contributed by atoms with van der Waals surface area (Å²) in [5.74, 6) is -1.02. The zero-order chi connectivity index (χ0) is 19.6. The lowest BCUT2D eigenvalue weighted by Gasteiger charge is -2.08. The van der Waals surface area contributed by atoms with Crippen molar-refractivity contribution in [3.63, 3.8) is 0 Å². The Hall–Kier alpha value is -3.13. The van der Waals surface area contributed by atoms with Crippen LogP contribution in [0.5, 0.6) is 0 Å². The summed E-state index contributed by atoms with van der Waals surface area (Å²) in [6, 6.07) is 10.7. The number of carbonyl (C=O) groups is 1. The van der Waals surface area contributed by atoms with Gasteiger partial charge in [-0.25, -0.2) is 0 Å². The Labute approximate surface area is 156 Å². The number of rotatable bonds is 4. The number of aliphatic hydroxyl groups excluding tert-OH is 1. The third-order valence-electron chi connectivity index (χ3n) is 3.68. The monoisotopic (exact) mass is 390 g/mol. The Balaban J connectivity index is 1.99. The molecule has 2 heterocycles. The molecule has 0 radical (unpaired) electrons. The number of halogens is 3. The molecular formula is C19H13F3N2O2S. The molecule has 0 saturated carbocycles. The summed E-state index contributed by atoms with van der Waals surface area (Å²) >= 11 is 0.361. The summed E-state index contributed by atoms with van der Waals surface area (Å²) < 4.78 is 40.3. The molecule has 0 aliphatic rings. The lowest BCUT2D eigenvalue weighted by Crippen LogP contribution is -2.12. The maximum absolute atomic E-state index is 13.4. The van der Waals surface area contributed by atoms with Crippen molar-refractivity contribution in [2.24, 2.45) is 0 Å². The second kappa shape index (κ2) is 7.24. The summed E-state index contributed by atoms with van der Waals surface area (Å²) in [5.41, 5.74) is 0.689. The number of pyridine rings is 1. The van der Waals surface area contributed by atoms with Gasteiger partial charge in [0.15, 0.2) is 0 Å². The second-order valence-electron chi connectivity index (χ2n) is 5.54. The number of hydrogen-bond acceptors (Lipinski definition) is 4. The number of alkyl halides is 3. The van der Waals surface area contributed by atoms with Crippen molar-refractivity contribution in [2.75, 3.05) is 5.32 Å². The minimum atomic E-state index is -4.59. The van der Waals surface area contributed by atoms with E-state index in [1.165, 1.54) is 24.5 Å². The van der Waals surface area contributed by atoms with Crippen LogP contribution in [-0.2, 0) is 6.18 Å². The first-order valence-corrected chi connectivity index (χ1v) is 8.49. The fourth-order valence-electron chi connectivity index (χ4n) is 2.48. The maximum atomic E-state index is 13.4. The van der Waals surface area contributed by atoms with E-state index in [0.717, 1.165) is 0 Å². The molecule has 0 bridgehead atoms. The highest BCUT2D eigenvalue weighted by molar-refractivity contribution is 7.14. The first kappa shape index (κ1) is 18.7. The van der Waals surface area contributed by atoms with Crippen molar-refractivity contribution >= 4 is 28.7 Å². The van der Waals surface area contributed by atoms with E-state index in [0.29, 0.717) is 16.9 Å². The average Bonchev–Trinajstić information content (AvgIpc) is 3.09. The molecule has 0 aliphatic carbocycles. The van der Waals surface area contributed by atoms with Crippen LogP contribution >= 0.6 is 11.3 Å². The van der Waals surface area contributed by atoms with Gasteiger partial charge in [0.25, 0.3) is 5.91 Å². The lowest BCUT2D eigenvalue weighted by molar-refractivity contribution is -0.133. The molecule has 8 heteroatoms. The van der Waals surface area contributed by atoms with Crippen LogP contribution in [-0.4, -0.2) is 16.0 Å². The van der Waals surface area contributed by atoms with Crippen molar-refractivity contribution < 1.29 is 23.1 Å². The summed E-state index contributed by atoms with van der Waals surface area (Å²) in [6.07, 6.45) is -1.91. The molecule has 1 amide bonds. The van der Waals surface area contributed by atoms with Crippen molar-refractivity contribution in [3.8, 4) is 11.1 Å². The number of hydrogen-bond donors (Lipinski definition) is 2. The molecular weight excluding hydrogens is 377 g/mol. The number of benzene rings is 1. The number of aromatic nitrogens is 1. The van der Waals surface area contributed by atoms with Gasteiger partial charge in [-0.15, -0.1) is 11.3 Å². The van der Waals surface area contributed by atoms with E-state index >= 15 is 0 Å². The Morgan fingerprint density at radius 1 is 1.19 bits per heavy atom. The number of carbonyl (C=O) groups excluding carboxylic acids is 1. The predicted octanol–water partition coefficient (Wildman–Crippen LogP) is 5.61. The Bertz CT molecular complexity index is 998. The van der Waals surface area contributed by atoms with Gasteiger partial charge in [0.1, 0.15) is 10.6 Å². The summed E-state index contributed by atoms with van der Waals surface area (Å²) in [7, 11) is 0. The molecule has 0 fully saturated rings. The van der Waals surface area contributed by atoms with Crippen LogP contribution in [0.3, 0.4) is 0 Å². The molecule has 2 aromatic heterocycles. The standard InChI is InChI=1S/C19H13F3N2O2S/c1-11(25)13-7-8-23-10-15(13)24-18(26)16-9-14(12-5-3-2-4-6-12)17(27-16)19(20,21)22/h2-10,25H,1H2,(H,24,26). The molecule has 0 spiro atoms. The van der Waals surface area contributed by atoms with E-state index in [2.05, 4.69) is 16.9 Å². The molecule has 27 heavy (non-hydrogen) atoms. The number of nitrogens with zero attached hydrogens (tertiary/aromatic N) is 1.